The van der Waals surface area contributed by atoms with Crippen molar-refractivity contribution in [3.8, 4) is 17.0 Å². The molecule has 3 aromatic carbocycles. The standard InChI is InChI=1S/C27H25N3O4/c1-18-25(26(21-10-5-4-6-11-21)30(29-18)34-19(2)31)16-20-9-7-12-22(15-20)27(32)28-23-13-8-14-24(17-23)33-3/h4-15,17H,16H2,1-3H3,(H,28,32). The van der Waals surface area contributed by atoms with E-state index in [2.05, 4.69) is 10.4 Å². The number of hydrogen-bond acceptors (Lipinski definition) is 5. The van der Waals surface area contributed by atoms with E-state index >= 15 is 0 Å². The zero-order valence-corrected chi connectivity index (χ0v) is 19.2. The van der Waals surface area contributed by atoms with Crippen LogP contribution in [0.2, 0.25) is 0 Å². The molecule has 0 spiro atoms. The van der Waals surface area contributed by atoms with Crippen LogP contribution in [-0.4, -0.2) is 28.9 Å². The van der Waals surface area contributed by atoms with Crippen LogP contribution in [-0.2, 0) is 11.2 Å². The van der Waals surface area contributed by atoms with E-state index in [4.69, 9.17) is 9.57 Å². The van der Waals surface area contributed by atoms with Gasteiger partial charge in [0.05, 0.1) is 12.8 Å². The molecule has 0 atom stereocenters. The molecule has 0 radical (unpaired) electrons. The third kappa shape index (κ3) is 5.15. The van der Waals surface area contributed by atoms with E-state index in [-0.39, 0.29) is 5.91 Å². The summed E-state index contributed by atoms with van der Waals surface area (Å²) >= 11 is 0. The molecule has 1 amide bonds. The van der Waals surface area contributed by atoms with Gasteiger partial charge in [0.1, 0.15) is 11.4 Å². The fraction of sp³-hybridized carbons (Fsp3) is 0.148. The molecule has 0 saturated heterocycles. The van der Waals surface area contributed by atoms with Crippen molar-refractivity contribution in [2.24, 2.45) is 0 Å². The first-order chi connectivity index (χ1) is 16.4. The summed E-state index contributed by atoms with van der Waals surface area (Å²) in [6.07, 6.45) is 0.512. The second-order valence-corrected chi connectivity index (χ2v) is 7.80. The Morgan fingerprint density at radius 2 is 1.74 bits per heavy atom. The Kier molecular flexibility index (Phi) is 6.73. The quantitative estimate of drug-likeness (QED) is 0.437. The molecule has 7 heteroatoms. The lowest BCUT2D eigenvalue weighted by molar-refractivity contribution is -0.142. The highest BCUT2D eigenvalue weighted by atomic mass is 16.7. The number of ether oxygens (including phenoxy) is 1. The summed E-state index contributed by atoms with van der Waals surface area (Å²) in [7, 11) is 1.58. The third-order valence-electron chi connectivity index (χ3n) is 5.31. The van der Waals surface area contributed by atoms with Gasteiger partial charge in [0, 0.05) is 41.8 Å². The highest BCUT2D eigenvalue weighted by molar-refractivity contribution is 6.04. The molecule has 1 aromatic heterocycles. The minimum atomic E-state index is -0.456. The summed E-state index contributed by atoms with van der Waals surface area (Å²) in [4.78, 5) is 31.1. The zero-order chi connectivity index (χ0) is 24.1. The number of benzene rings is 3. The van der Waals surface area contributed by atoms with E-state index in [1.54, 1.807) is 19.2 Å². The Morgan fingerprint density at radius 3 is 2.47 bits per heavy atom. The highest BCUT2D eigenvalue weighted by Gasteiger charge is 2.20. The fourth-order valence-electron chi connectivity index (χ4n) is 3.74. The zero-order valence-electron chi connectivity index (χ0n) is 19.2. The number of methoxy groups -OCH3 is 1. The lowest BCUT2D eigenvalue weighted by atomic mass is 9.98. The van der Waals surface area contributed by atoms with Crippen LogP contribution in [0.3, 0.4) is 0 Å². The van der Waals surface area contributed by atoms with Gasteiger partial charge in [0.2, 0.25) is 0 Å². The topological polar surface area (TPSA) is 82.4 Å². The fourth-order valence-corrected chi connectivity index (χ4v) is 3.74. The maximum atomic E-state index is 12.9. The van der Waals surface area contributed by atoms with Crippen LogP contribution in [0, 0.1) is 6.92 Å². The summed E-state index contributed by atoms with van der Waals surface area (Å²) in [6.45, 7) is 3.22. The number of anilines is 1. The van der Waals surface area contributed by atoms with E-state index in [1.807, 2.05) is 73.7 Å². The maximum absolute atomic E-state index is 12.9. The van der Waals surface area contributed by atoms with Crippen LogP contribution >= 0.6 is 0 Å². The van der Waals surface area contributed by atoms with Gasteiger partial charge >= 0.3 is 5.97 Å². The van der Waals surface area contributed by atoms with Gasteiger partial charge in [-0.2, -0.15) is 0 Å². The van der Waals surface area contributed by atoms with Crippen LogP contribution in [0.4, 0.5) is 5.69 Å². The lowest BCUT2D eigenvalue weighted by Gasteiger charge is -2.10. The number of aromatic nitrogens is 2. The van der Waals surface area contributed by atoms with Crippen molar-refractivity contribution >= 4 is 17.6 Å². The van der Waals surface area contributed by atoms with Crippen molar-refractivity contribution < 1.29 is 19.2 Å². The molecular formula is C27H25N3O4. The Bertz CT molecular complexity index is 1330. The molecular weight excluding hydrogens is 430 g/mol. The molecule has 4 aromatic rings. The van der Waals surface area contributed by atoms with Crippen LogP contribution in [0.25, 0.3) is 11.3 Å². The van der Waals surface area contributed by atoms with Gasteiger partial charge in [0.25, 0.3) is 5.91 Å². The van der Waals surface area contributed by atoms with Crippen molar-refractivity contribution in [3.05, 3.63) is 101 Å². The van der Waals surface area contributed by atoms with Gasteiger partial charge in [-0.3, -0.25) is 4.79 Å². The van der Waals surface area contributed by atoms with Gasteiger partial charge in [-0.1, -0.05) is 53.4 Å². The number of amides is 1. The molecule has 0 aliphatic carbocycles. The minimum absolute atomic E-state index is 0.217. The van der Waals surface area contributed by atoms with Crippen molar-refractivity contribution in [2.45, 2.75) is 20.3 Å². The van der Waals surface area contributed by atoms with Crippen molar-refractivity contribution in [1.29, 1.82) is 0 Å². The summed E-state index contributed by atoms with van der Waals surface area (Å²) in [6, 6.07) is 24.3. The molecule has 7 nitrogen and oxygen atoms in total. The third-order valence-corrected chi connectivity index (χ3v) is 5.31. The van der Waals surface area contributed by atoms with Crippen LogP contribution in [0.15, 0.2) is 78.9 Å². The normalized spacial score (nSPS) is 10.6. The molecule has 0 fully saturated rings. The second kappa shape index (κ2) is 10.0. The minimum Gasteiger partial charge on any atom is -0.497 e. The molecule has 172 valence electrons. The van der Waals surface area contributed by atoms with E-state index < -0.39 is 5.97 Å². The molecule has 34 heavy (non-hydrogen) atoms. The Hall–Kier alpha value is -4.39. The van der Waals surface area contributed by atoms with Crippen molar-refractivity contribution in [2.75, 3.05) is 12.4 Å². The Labute approximate surface area is 197 Å². The molecule has 0 unspecified atom stereocenters. The molecule has 0 aliphatic rings. The molecule has 0 saturated carbocycles. The van der Waals surface area contributed by atoms with Crippen molar-refractivity contribution in [1.82, 2.24) is 9.94 Å². The average molecular weight is 456 g/mol. The molecule has 0 aliphatic heterocycles. The number of carbonyl (C=O) groups is 2. The van der Waals surface area contributed by atoms with E-state index in [9.17, 15) is 9.59 Å². The van der Waals surface area contributed by atoms with E-state index in [1.165, 1.54) is 11.8 Å². The van der Waals surface area contributed by atoms with Gasteiger partial charge in [0.15, 0.2) is 0 Å². The average Bonchev–Trinajstić information content (AvgIpc) is 3.13. The second-order valence-electron chi connectivity index (χ2n) is 7.80. The monoisotopic (exact) mass is 455 g/mol. The van der Waals surface area contributed by atoms with Gasteiger partial charge in [-0.05, 0) is 36.8 Å². The van der Waals surface area contributed by atoms with E-state index in [0.717, 1.165) is 22.4 Å². The van der Waals surface area contributed by atoms with Crippen LogP contribution < -0.4 is 14.9 Å². The first-order valence-corrected chi connectivity index (χ1v) is 10.8. The Balaban J connectivity index is 1.63. The first kappa shape index (κ1) is 22.8. The number of hydrogen-bond donors (Lipinski definition) is 1. The van der Waals surface area contributed by atoms with Gasteiger partial charge in [-0.15, -0.1) is 5.10 Å². The summed E-state index contributed by atoms with van der Waals surface area (Å²) in [5.41, 5.74) is 5.36. The largest absolute Gasteiger partial charge is 0.497 e. The number of aryl methyl sites for hydroxylation is 1. The molecule has 4 rings (SSSR count). The summed E-state index contributed by atoms with van der Waals surface area (Å²) < 4.78 is 5.22. The SMILES string of the molecule is COc1cccc(NC(=O)c2cccc(Cc3c(C)nn(OC(C)=O)c3-c3ccccc3)c2)c1. The predicted octanol–water partition coefficient (Wildman–Crippen LogP) is 4.69. The molecule has 0 bridgehead atoms. The predicted molar refractivity (Wildman–Crippen MR) is 130 cm³/mol. The smallest absolute Gasteiger partial charge is 0.331 e. The summed E-state index contributed by atoms with van der Waals surface area (Å²) in [5, 5.41) is 7.34. The Morgan fingerprint density at radius 1 is 0.971 bits per heavy atom. The molecule has 1 heterocycles. The maximum Gasteiger partial charge on any atom is 0.331 e. The highest BCUT2D eigenvalue weighted by Crippen LogP contribution is 2.28. The summed E-state index contributed by atoms with van der Waals surface area (Å²) in [5.74, 6) is -0.00610. The van der Waals surface area contributed by atoms with Crippen molar-refractivity contribution in [3.63, 3.8) is 0 Å². The number of nitrogens with one attached hydrogen (secondary N) is 1. The number of carbonyl (C=O) groups excluding carboxylic acids is 2. The van der Waals surface area contributed by atoms with Gasteiger partial charge in [-0.25, -0.2) is 4.79 Å². The van der Waals surface area contributed by atoms with Crippen LogP contribution in [0.1, 0.15) is 34.1 Å². The number of rotatable bonds is 7. The number of nitrogens with zero attached hydrogens (tertiary/aromatic N) is 2. The molecule has 1 N–H and O–H groups in total. The van der Waals surface area contributed by atoms with Crippen LogP contribution in [0.5, 0.6) is 5.75 Å². The van der Waals surface area contributed by atoms with Gasteiger partial charge < -0.3 is 14.9 Å². The first-order valence-electron chi connectivity index (χ1n) is 10.8. The lowest BCUT2D eigenvalue weighted by Crippen LogP contribution is -2.19. The van der Waals surface area contributed by atoms with E-state index in [0.29, 0.717) is 29.1 Å².